The Kier molecular flexibility index (Phi) is 3.37. The zero-order chi connectivity index (χ0) is 13.3. The van der Waals surface area contributed by atoms with Gasteiger partial charge in [-0.3, -0.25) is 0 Å². The topological polar surface area (TPSA) is 57.1 Å². The molecule has 0 bridgehead atoms. The largest absolute Gasteiger partial charge is 0.856 e. The molecule has 0 fully saturated rings. The molecular weight excluding hydrogens is 310 g/mol. The molecule has 0 saturated heterocycles. The van der Waals surface area contributed by atoms with E-state index in [0.29, 0.717) is 0 Å². The highest BCUT2D eigenvalue weighted by Gasteiger charge is 2.09. The van der Waals surface area contributed by atoms with Crippen molar-refractivity contribution in [3.8, 4) is 0 Å². The molecule has 0 amide bonds. The standard InChI is InChI=1S/C10H7BrF2N4O/c1-16-5-17(4-14-16)15-10(18)6-2-7(12)9(11)8(13)3-6/h2-5H,1H3. The van der Waals surface area contributed by atoms with Crippen molar-refractivity contribution in [2.24, 2.45) is 12.1 Å². The summed E-state index contributed by atoms with van der Waals surface area (Å²) in [6.07, 6.45) is 2.73. The zero-order valence-electron chi connectivity index (χ0n) is 9.14. The lowest BCUT2D eigenvalue weighted by atomic mass is 10.2. The maximum atomic E-state index is 13.2. The Labute approximate surface area is 109 Å². The van der Waals surface area contributed by atoms with Crippen molar-refractivity contribution in [3.63, 3.8) is 0 Å². The average Bonchev–Trinajstić information content (AvgIpc) is 2.71. The summed E-state index contributed by atoms with van der Waals surface area (Å²) in [5, 5.41) is 19.1. The van der Waals surface area contributed by atoms with E-state index in [1.165, 1.54) is 17.3 Å². The van der Waals surface area contributed by atoms with Crippen LogP contribution in [0.3, 0.4) is 0 Å². The van der Waals surface area contributed by atoms with Gasteiger partial charge in [0.15, 0.2) is 0 Å². The molecule has 94 valence electrons. The van der Waals surface area contributed by atoms with Crippen LogP contribution in [-0.2, 0) is 7.05 Å². The van der Waals surface area contributed by atoms with E-state index in [0.717, 1.165) is 16.8 Å². The van der Waals surface area contributed by atoms with Crippen molar-refractivity contribution in [3.05, 3.63) is 46.5 Å². The maximum Gasteiger partial charge on any atom is 0.288 e. The van der Waals surface area contributed by atoms with Crippen LogP contribution >= 0.6 is 15.9 Å². The van der Waals surface area contributed by atoms with Gasteiger partial charge in [-0.15, -0.1) is 14.5 Å². The minimum atomic E-state index is -0.857. The van der Waals surface area contributed by atoms with Crippen LogP contribution in [0.2, 0.25) is 0 Å². The van der Waals surface area contributed by atoms with Crippen molar-refractivity contribution < 1.29 is 18.6 Å². The van der Waals surface area contributed by atoms with Crippen molar-refractivity contribution in [1.29, 1.82) is 0 Å². The molecule has 8 heteroatoms. The van der Waals surface area contributed by atoms with Gasteiger partial charge in [-0.05, 0) is 33.6 Å². The molecule has 1 heterocycles. The van der Waals surface area contributed by atoms with Gasteiger partial charge in [0.2, 0.25) is 6.33 Å². The number of hydrogen-bond donors (Lipinski definition) is 0. The number of rotatable bonds is 2. The van der Waals surface area contributed by atoms with Crippen molar-refractivity contribution in [2.45, 2.75) is 0 Å². The van der Waals surface area contributed by atoms with Crippen molar-refractivity contribution in [1.82, 2.24) is 9.78 Å². The van der Waals surface area contributed by atoms with E-state index in [-0.39, 0.29) is 10.0 Å². The van der Waals surface area contributed by atoms with Crippen LogP contribution in [0, 0.1) is 11.6 Å². The van der Waals surface area contributed by atoms with Gasteiger partial charge in [-0.1, -0.05) is 0 Å². The monoisotopic (exact) mass is 316 g/mol. The van der Waals surface area contributed by atoms with Gasteiger partial charge in [-0.25, -0.2) is 8.78 Å². The minimum Gasteiger partial charge on any atom is -0.856 e. The Hall–Kier alpha value is -1.83. The molecule has 18 heavy (non-hydrogen) atoms. The van der Waals surface area contributed by atoms with Crippen molar-refractivity contribution >= 4 is 21.8 Å². The molecule has 1 aromatic carbocycles. The smallest absolute Gasteiger partial charge is 0.288 e. The Balaban J connectivity index is 2.40. The second-order valence-electron chi connectivity index (χ2n) is 3.46. The summed E-state index contributed by atoms with van der Waals surface area (Å²) < 4.78 is 28.7. The summed E-state index contributed by atoms with van der Waals surface area (Å²) in [5.74, 6) is -2.48. The third-order valence-electron chi connectivity index (χ3n) is 2.07. The summed E-state index contributed by atoms with van der Waals surface area (Å²) in [7, 11) is 1.65. The molecule has 0 N–H and O–H groups in total. The second-order valence-corrected chi connectivity index (χ2v) is 4.25. The summed E-state index contributed by atoms with van der Waals surface area (Å²) in [6.45, 7) is 0. The first-order chi connectivity index (χ1) is 8.47. The maximum absolute atomic E-state index is 13.2. The first-order valence-electron chi connectivity index (χ1n) is 4.78. The molecule has 0 saturated carbocycles. The van der Waals surface area contributed by atoms with Crippen LogP contribution in [-0.4, -0.2) is 15.7 Å². The lowest BCUT2D eigenvalue weighted by Gasteiger charge is -2.09. The molecule has 0 spiro atoms. The third kappa shape index (κ3) is 2.53. The molecule has 0 radical (unpaired) electrons. The SMILES string of the molecule is Cn1c[n+](N=C([O-])c2cc(F)c(Br)c(F)c2)cn1. The van der Waals surface area contributed by atoms with Crippen LogP contribution in [0.25, 0.3) is 0 Å². The minimum absolute atomic E-state index is 0.176. The highest BCUT2D eigenvalue weighted by atomic mass is 79.9. The van der Waals surface area contributed by atoms with E-state index in [4.69, 9.17) is 0 Å². The number of benzene rings is 1. The molecule has 0 atom stereocenters. The average molecular weight is 317 g/mol. The fourth-order valence-electron chi connectivity index (χ4n) is 1.26. The molecule has 1 aromatic heterocycles. The number of nitrogens with zero attached hydrogens (tertiary/aromatic N) is 4. The molecule has 5 nitrogen and oxygen atoms in total. The number of hydrogen-bond acceptors (Lipinski definition) is 3. The summed E-state index contributed by atoms with van der Waals surface area (Å²) in [4.78, 5) is 0. The quantitative estimate of drug-likeness (QED) is 0.347. The molecule has 2 rings (SSSR count). The number of halogens is 3. The van der Waals surface area contributed by atoms with Gasteiger partial charge in [0, 0.05) is 11.0 Å². The van der Waals surface area contributed by atoms with Gasteiger partial charge in [0.05, 0.1) is 11.5 Å². The highest BCUT2D eigenvalue weighted by molar-refractivity contribution is 9.10. The Morgan fingerprint density at radius 1 is 1.44 bits per heavy atom. The molecule has 2 aromatic rings. The Bertz CT molecular complexity index is 603. The van der Waals surface area contributed by atoms with Gasteiger partial charge in [-0.2, -0.15) is 0 Å². The Morgan fingerprint density at radius 2 is 2.06 bits per heavy atom. The zero-order valence-corrected chi connectivity index (χ0v) is 10.7. The fraction of sp³-hybridized carbons (Fsp3) is 0.100. The summed E-state index contributed by atoms with van der Waals surface area (Å²) in [5.41, 5.74) is -0.176. The highest BCUT2D eigenvalue weighted by Crippen LogP contribution is 2.20. The first-order valence-corrected chi connectivity index (χ1v) is 5.57. The molecule has 0 aliphatic heterocycles. The van der Waals surface area contributed by atoms with E-state index in [1.54, 1.807) is 7.05 Å². The van der Waals surface area contributed by atoms with Crippen LogP contribution in [0.1, 0.15) is 5.56 Å². The number of aromatic nitrogens is 3. The van der Waals surface area contributed by atoms with E-state index in [1.807, 2.05) is 0 Å². The predicted octanol–water partition coefficient (Wildman–Crippen LogP) is 0.318. The second kappa shape index (κ2) is 4.81. The predicted molar refractivity (Wildman–Crippen MR) is 59.4 cm³/mol. The molecule has 0 aliphatic carbocycles. The van der Waals surface area contributed by atoms with Crippen LogP contribution in [0.5, 0.6) is 0 Å². The Morgan fingerprint density at radius 3 is 2.56 bits per heavy atom. The van der Waals surface area contributed by atoms with Gasteiger partial charge in [0.25, 0.3) is 6.33 Å². The molecule has 0 unspecified atom stereocenters. The molecular formula is C10H7BrF2N4O. The van der Waals surface area contributed by atoms with Gasteiger partial charge < -0.3 is 5.11 Å². The fourth-order valence-corrected chi connectivity index (χ4v) is 1.49. The third-order valence-corrected chi connectivity index (χ3v) is 2.83. The first kappa shape index (κ1) is 12.6. The van der Waals surface area contributed by atoms with Gasteiger partial charge >= 0.3 is 0 Å². The lowest BCUT2D eigenvalue weighted by Crippen LogP contribution is -2.32. The molecule has 0 aliphatic rings. The summed E-state index contributed by atoms with van der Waals surface area (Å²) >= 11 is 2.72. The van der Waals surface area contributed by atoms with Gasteiger partial charge in [0.1, 0.15) is 11.6 Å². The number of aryl methyl sites for hydroxylation is 1. The lowest BCUT2D eigenvalue weighted by molar-refractivity contribution is -0.682. The van der Waals surface area contributed by atoms with Crippen LogP contribution in [0.15, 0.2) is 34.4 Å². The van der Waals surface area contributed by atoms with E-state index >= 15 is 0 Å². The van der Waals surface area contributed by atoms with E-state index in [2.05, 4.69) is 26.1 Å². The normalized spacial score (nSPS) is 11.9. The van der Waals surface area contributed by atoms with E-state index < -0.39 is 17.5 Å². The summed E-state index contributed by atoms with van der Waals surface area (Å²) in [6, 6.07) is 1.83. The van der Waals surface area contributed by atoms with Crippen molar-refractivity contribution in [2.75, 3.05) is 0 Å². The van der Waals surface area contributed by atoms with E-state index in [9.17, 15) is 13.9 Å². The van der Waals surface area contributed by atoms with Crippen LogP contribution < -0.4 is 9.78 Å². The van der Waals surface area contributed by atoms with Crippen LogP contribution in [0.4, 0.5) is 8.78 Å².